The van der Waals surface area contributed by atoms with Crippen molar-refractivity contribution in [2.45, 2.75) is 37.5 Å². The van der Waals surface area contributed by atoms with Crippen LogP contribution in [0.15, 0.2) is 42.5 Å². The predicted octanol–water partition coefficient (Wildman–Crippen LogP) is 1.76. The number of hydrogen-bond donors (Lipinski definition) is 2. The van der Waals surface area contributed by atoms with E-state index in [1.54, 1.807) is 18.2 Å². The molecule has 2 saturated heterocycles. The number of carbonyl (C=O) groups excluding carboxylic acids is 4. The molecule has 218 valence electrons. The van der Waals surface area contributed by atoms with E-state index in [1.807, 2.05) is 0 Å². The maximum absolute atomic E-state index is 13.7. The Kier molecular flexibility index (Phi) is 7.46. The molecule has 0 radical (unpaired) electrons. The molecule has 2 fully saturated rings. The van der Waals surface area contributed by atoms with Gasteiger partial charge in [0.15, 0.2) is 0 Å². The number of benzene rings is 2. The number of ether oxygens (including phenoxy) is 1. The van der Waals surface area contributed by atoms with Gasteiger partial charge in [0, 0.05) is 50.4 Å². The van der Waals surface area contributed by atoms with E-state index in [-0.39, 0.29) is 26.1 Å². The number of imide groups is 1. The van der Waals surface area contributed by atoms with Crippen molar-refractivity contribution in [1.82, 2.24) is 19.4 Å². The number of nitrogens with zero attached hydrogens (tertiary/aromatic N) is 3. The second-order valence-electron chi connectivity index (χ2n) is 10.4. The monoisotopic (exact) mass is 587 g/mol. The fraction of sp³-hybridized carbons (Fsp3) is 0.407. The van der Waals surface area contributed by atoms with Gasteiger partial charge in [-0.3, -0.25) is 9.59 Å². The van der Waals surface area contributed by atoms with Crippen molar-refractivity contribution in [2.24, 2.45) is 0 Å². The molecular formula is C27H30FN5O7S. The molecule has 2 atom stereocenters. The summed E-state index contributed by atoms with van der Waals surface area (Å²) >= 11 is 0. The maximum Gasteiger partial charge on any atom is 0.418 e. The van der Waals surface area contributed by atoms with Gasteiger partial charge in [-0.2, -0.15) is 0 Å². The Labute approximate surface area is 236 Å². The maximum atomic E-state index is 13.7. The highest BCUT2D eigenvalue weighted by Crippen LogP contribution is 2.46. The standard InChI is InChI=1S/C27H30FN5O7S/c1-29-25(36)30-20-7-8-22-18(13-20)9-11-27(22)24(35)33(26(37)40-27)16-23(34)32(14-17-3-5-19(28)6-4-17)21-10-12-31(15-21)41(2,38)39/h3-8,13,21H,9-12,14-16H2,1-2H3,(H2,29,30,36)/t21-,27-/m1/s1. The molecule has 0 aromatic heterocycles. The van der Waals surface area contributed by atoms with E-state index in [1.165, 1.54) is 40.5 Å². The number of amides is 5. The molecule has 2 heterocycles. The van der Waals surface area contributed by atoms with Crippen LogP contribution in [0.2, 0.25) is 0 Å². The average molecular weight is 588 g/mol. The lowest BCUT2D eigenvalue weighted by Crippen LogP contribution is -2.48. The highest BCUT2D eigenvalue weighted by Gasteiger charge is 2.58. The first-order chi connectivity index (χ1) is 19.4. The minimum atomic E-state index is -3.49. The normalized spacial score (nSPS) is 22.1. The van der Waals surface area contributed by atoms with Crippen LogP contribution in [-0.4, -0.2) is 85.4 Å². The Morgan fingerprint density at radius 2 is 1.90 bits per heavy atom. The lowest BCUT2D eigenvalue weighted by Gasteiger charge is -2.30. The summed E-state index contributed by atoms with van der Waals surface area (Å²) in [5, 5.41) is 5.12. The van der Waals surface area contributed by atoms with Crippen molar-refractivity contribution in [3.05, 3.63) is 65.0 Å². The number of aryl methyl sites for hydroxylation is 1. The van der Waals surface area contributed by atoms with Crippen molar-refractivity contribution in [2.75, 3.05) is 38.3 Å². The Hall–Kier alpha value is -4.04. The highest BCUT2D eigenvalue weighted by molar-refractivity contribution is 7.88. The zero-order valence-corrected chi connectivity index (χ0v) is 23.4. The van der Waals surface area contributed by atoms with Gasteiger partial charge in [-0.25, -0.2) is 31.6 Å². The third-order valence-corrected chi connectivity index (χ3v) is 9.03. The molecule has 41 heavy (non-hydrogen) atoms. The van der Waals surface area contributed by atoms with Gasteiger partial charge in [0.25, 0.3) is 5.91 Å². The Bertz CT molecular complexity index is 1520. The third kappa shape index (κ3) is 5.48. The lowest BCUT2D eigenvalue weighted by atomic mass is 9.94. The molecule has 14 heteroatoms. The van der Waals surface area contributed by atoms with Crippen molar-refractivity contribution in [3.63, 3.8) is 0 Å². The van der Waals surface area contributed by atoms with Gasteiger partial charge in [-0.1, -0.05) is 18.2 Å². The summed E-state index contributed by atoms with van der Waals surface area (Å²) in [4.78, 5) is 54.2. The van der Waals surface area contributed by atoms with Crippen LogP contribution in [0.4, 0.5) is 19.7 Å². The first-order valence-electron chi connectivity index (χ1n) is 13.1. The zero-order chi connectivity index (χ0) is 29.5. The molecule has 0 unspecified atom stereocenters. The summed E-state index contributed by atoms with van der Waals surface area (Å²) in [7, 11) is -2.00. The van der Waals surface area contributed by atoms with Gasteiger partial charge >= 0.3 is 12.1 Å². The van der Waals surface area contributed by atoms with Crippen LogP contribution in [0.5, 0.6) is 0 Å². The second-order valence-corrected chi connectivity index (χ2v) is 12.4. The number of rotatable bonds is 7. The van der Waals surface area contributed by atoms with Crippen LogP contribution in [-0.2, 0) is 42.9 Å². The molecule has 5 amide bonds. The largest absolute Gasteiger partial charge is 0.427 e. The fourth-order valence-corrected chi connectivity index (χ4v) is 6.50. The van der Waals surface area contributed by atoms with Crippen LogP contribution in [0.3, 0.4) is 0 Å². The smallest absolute Gasteiger partial charge is 0.418 e. The lowest BCUT2D eigenvalue weighted by molar-refractivity contribution is -0.143. The number of urea groups is 1. The number of halogens is 1. The van der Waals surface area contributed by atoms with Crippen LogP contribution >= 0.6 is 0 Å². The summed E-state index contributed by atoms with van der Waals surface area (Å²) in [6.45, 7) is -0.277. The Morgan fingerprint density at radius 3 is 2.56 bits per heavy atom. The molecule has 1 spiro atoms. The molecule has 5 rings (SSSR count). The van der Waals surface area contributed by atoms with Crippen LogP contribution in [0.1, 0.15) is 29.5 Å². The topological polar surface area (TPSA) is 145 Å². The SMILES string of the molecule is CNC(=O)Nc1ccc2c(c1)CC[C@@]21OC(=O)N(CC(=O)N(Cc2ccc(F)cc2)[C@@H]2CCN(S(C)(=O)=O)C2)C1=O. The average Bonchev–Trinajstić information content (AvgIpc) is 3.62. The van der Waals surface area contributed by atoms with E-state index in [9.17, 15) is 32.0 Å². The number of nitrogens with one attached hydrogen (secondary N) is 2. The minimum Gasteiger partial charge on any atom is -0.427 e. The molecule has 2 aliphatic heterocycles. The van der Waals surface area contributed by atoms with Gasteiger partial charge in [0.2, 0.25) is 21.5 Å². The van der Waals surface area contributed by atoms with E-state index in [2.05, 4.69) is 10.6 Å². The molecule has 2 aromatic rings. The molecular weight excluding hydrogens is 557 g/mol. The van der Waals surface area contributed by atoms with Crippen molar-refractivity contribution in [3.8, 4) is 0 Å². The van der Waals surface area contributed by atoms with E-state index < -0.39 is 58.0 Å². The molecule has 0 bridgehead atoms. The molecule has 3 aliphatic rings. The van der Waals surface area contributed by atoms with Crippen LogP contribution in [0.25, 0.3) is 0 Å². The van der Waals surface area contributed by atoms with E-state index in [0.717, 1.165) is 16.7 Å². The molecule has 1 aliphatic carbocycles. The van der Waals surface area contributed by atoms with Crippen molar-refractivity contribution in [1.29, 1.82) is 0 Å². The van der Waals surface area contributed by atoms with E-state index in [4.69, 9.17) is 4.74 Å². The van der Waals surface area contributed by atoms with Gasteiger partial charge in [-0.05, 0) is 48.2 Å². The predicted molar refractivity (Wildman–Crippen MR) is 144 cm³/mol. The Morgan fingerprint density at radius 1 is 1.17 bits per heavy atom. The summed E-state index contributed by atoms with van der Waals surface area (Å²) in [5.41, 5.74) is 0.782. The number of hydrogen-bond acceptors (Lipinski definition) is 7. The van der Waals surface area contributed by atoms with Gasteiger partial charge < -0.3 is 20.3 Å². The van der Waals surface area contributed by atoms with Gasteiger partial charge in [0.05, 0.1) is 6.26 Å². The van der Waals surface area contributed by atoms with Gasteiger partial charge in [-0.15, -0.1) is 0 Å². The molecule has 0 saturated carbocycles. The first kappa shape index (κ1) is 28.5. The summed E-state index contributed by atoms with van der Waals surface area (Å²) < 4.78 is 44.6. The van der Waals surface area contributed by atoms with E-state index in [0.29, 0.717) is 29.7 Å². The second kappa shape index (κ2) is 10.7. The molecule has 12 nitrogen and oxygen atoms in total. The van der Waals surface area contributed by atoms with Crippen molar-refractivity contribution >= 4 is 39.6 Å². The number of sulfonamides is 1. The molecule has 2 N–H and O–H groups in total. The van der Waals surface area contributed by atoms with Gasteiger partial charge in [0.1, 0.15) is 12.4 Å². The Balaban J connectivity index is 1.37. The summed E-state index contributed by atoms with van der Waals surface area (Å²) in [5.74, 6) is -1.67. The first-order valence-corrected chi connectivity index (χ1v) is 14.9. The van der Waals surface area contributed by atoms with Crippen LogP contribution < -0.4 is 10.6 Å². The summed E-state index contributed by atoms with van der Waals surface area (Å²) in [6, 6.07) is 9.59. The molecule has 2 aromatic carbocycles. The number of anilines is 1. The van der Waals surface area contributed by atoms with Crippen LogP contribution in [0, 0.1) is 5.82 Å². The number of fused-ring (bicyclic) bond motifs is 2. The van der Waals surface area contributed by atoms with Crippen molar-refractivity contribution < 1.29 is 36.7 Å². The minimum absolute atomic E-state index is 0.0353. The highest BCUT2D eigenvalue weighted by atomic mass is 32.2. The third-order valence-electron chi connectivity index (χ3n) is 7.76. The zero-order valence-electron chi connectivity index (χ0n) is 22.6. The number of carbonyl (C=O) groups is 4. The van der Waals surface area contributed by atoms with E-state index >= 15 is 0 Å². The quantitative estimate of drug-likeness (QED) is 0.502. The fourth-order valence-electron chi connectivity index (χ4n) is 5.62. The summed E-state index contributed by atoms with van der Waals surface area (Å²) in [6.07, 6.45) is 1.11.